The van der Waals surface area contributed by atoms with E-state index in [2.05, 4.69) is 26.6 Å². The number of hydrogen-bond acceptors (Lipinski definition) is 17. The molecule has 0 unspecified atom stereocenters. The molecule has 0 aliphatic carbocycles. The number of rotatable bonds is 41. The average Bonchev–Trinajstić information content (AvgIpc) is 3.65. The van der Waals surface area contributed by atoms with E-state index in [0.717, 1.165) is 4.90 Å². The Morgan fingerprint density at radius 2 is 1.25 bits per heavy atom. The van der Waals surface area contributed by atoms with E-state index in [-0.39, 0.29) is 89.9 Å². The molecule has 2 atom stereocenters. The summed E-state index contributed by atoms with van der Waals surface area (Å²) in [6.45, 7) is 9.87. The average molecular weight is 983 g/mol. The number of urea groups is 1. The van der Waals surface area contributed by atoms with Gasteiger partial charge in [-0.2, -0.15) is 0 Å². The van der Waals surface area contributed by atoms with E-state index in [9.17, 15) is 33.6 Å². The van der Waals surface area contributed by atoms with Crippen LogP contribution in [-0.2, 0) is 68.5 Å². The molecule has 0 saturated heterocycles. The normalized spacial score (nSPS) is 13.1. The SMILES string of the molecule is CC(C)[C@H](NC(=O)CCOCCOCCOCCOCCN1C(=O)C=CC1=O)C(=O)N[C@@H](CCCNC(N)=O)C(=O)Nc1ccc(COC(=O)N(C)CCNCCOCCOCCOCCO)cc1. The molecule has 2 rings (SSSR count). The molecule has 0 bridgehead atoms. The van der Waals surface area contributed by atoms with E-state index in [1.54, 1.807) is 45.2 Å². The van der Waals surface area contributed by atoms with E-state index in [4.69, 9.17) is 48.7 Å². The number of anilines is 1. The molecule has 24 heteroatoms. The van der Waals surface area contributed by atoms with Gasteiger partial charge in [0.05, 0.1) is 106 Å². The van der Waals surface area contributed by atoms with Gasteiger partial charge in [-0.05, 0) is 36.5 Å². The monoisotopic (exact) mass is 983 g/mol. The Morgan fingerprint density at radius 1 is 0.696 bits per heavy atom. The van der Waals surface area contributed by atoms with Crippen LogP contribution in [0.3, 0.4) is 0 Å². The van der Waals surface area contributed by atoms with Crippen LogP contribution >= 0.6 is 0 Å². The summed E-state index contributed by atoms with van der Waals surface area (Å²) in [5, 5.41) is 22.6. The summed E-state index contributed by atoms with van der Waals surface area (Å²) in [6, 6.07) is 3.92. The number of ether oxygens (including phenoxy) is 8. The summed E-state index contributed by atoms with van der Waals surface area (Å²) in [5.41, 5.74) is 6.28. The lowest BCUT2D eigenvalue weighted by Gasteiger charge is -2.25. The molecule has 0 aromatic heterocycles. The van der Waals surface area contributed by atoms with Crippen molar-refractivity contribution >= 4 is 47.3 Å². The lowest BCUT2D eigenvalue weighted by atomic mass is 10.0. The maximum atomic E-state index is 13.5. The van der Waals surface area contributed by atoms with Crippen molar-refractivity contribution in [1.82, 2.24) is 31.1 Å². The second-order valence-electron chi connectivity index (χ2n) is 15.6. The minimum atomic E-state index is -1.04. The molecule has 1 heterocycles. The first-order chi connectivity index (χ1) is 33.3. The molecule has 69 heavy (non-hydrogen) atoms. The summed E-state index contributed by atoms with van der Waals surface area (Å²) >= 11 is 0. The number of nitrogens with one attached hydrogen (secondary N) is 5. The highest BCUT2D eigenvalue weighted by Gasteiger charge is 2.29. The molecular weight excluding hydrogens is 909 g/mol. The summed E-state index contributed by atoms with van der Waals surface area (Å²) in [4.78, 5) is 89.2. The number of benzene rings is 1. The molecule has 1 aromatic carbocycles. The van der Waals surface area contributed by atoms with Crippen molar-refractivity contribution < 1.29 is 76.6 Å². The van der Waals surface area contributed by atoms with Crippen molar-refractivity contribution in [2.75, 3.05) is 144 Å². The van der Waals surface area contributed by atoms with Gasteiger partial charge in [0.1, 0.15) is 18.7 Å². The first-order valence-electron chi connectivity index (χ1n) is 23.1. The van der Waals surface area contributed by atoms with Gasteiger partial charge >= 0.3 is 12.1 Å². The molecule has 24 nitrogen and oxygen atoms in total. The minimum absolute atomic E-state index is 0.00514. The summed E-state index contributed by atoms with van der Waals surface area (Å²) in [6.07, 6.45) is 2.36. The first kappa shape index (κ1) is 59.8. The van der Waals surface area contributed by atoms with Gasteiger partial charge in [-0.25, -0.2) is 9.59 Å². The van der Waals surface area contributed by atoms with Crippen molar-refractivity contribution in [2.24, 2.45) is 11.7 Å². The van der Waals surface area contributed by atoms with Crippen LogP contribution in [-0.4, -0.2) is 208 Å². The van der Waals surface area contributed by atoms with Crippen LogP contribution in [0.2, 0.25) is 0 Å². The van der Waals surface area contributed by atoms with Gasteiger partial charge in [-0.15, -0.1) is 0 Å². The molecule has 1 aromatic rings. The molecule has 1 aliphatic rings. The standard InChI is InChI=1S/C45H74N8O16/c1-34(2)41(51-38(55)12-19-62-23-27-66-31-32-68-29-25-64-21-17-53-39(56)10-11-40(53)57)43(59)50-37(5-4-13-48-44(46)60)42(58)49-36-8-6-35(7-9-36)33-69-45(61)52(3)16-14-47-15-20-63-24-28-67-30-26-65-22-18-54/h6-11,34,37,41,47,54H,4-5,12-33H2,1-3H3,(H,49,58)(H,50,59)(H,51,55)(H3,46,48,60)/t37-,41-/m0/s1. The van der Waals surface area contributed by atoms with Gasteiger partial charge in [0, 0.05) is 57.5 Å². The summed E-state index contributed by atoms with van der Waals surface area (Å²) < 4.78 is 43.2. The van der Waals surface area contributed by atoms with Crippen LogP contribution in [0.4, 0.5) is 15.3 Å². The van der Waals surface area contributed by atoms with Gasteiger partial charge in [0.25, 0.3) is 11.8 Å². The van der Waals surface area contributed by atoms with Gasteiger partial charge < -0.3 is 80.2 Å². The third-order valence-corrected chi connectivity index (χ3v) is 9.74. The maximum absolute atomic E-state index is 13.5. The summed E-state index contributed by atoms with van der Waals surface area (Å²) in [7, 11) is 1.63. The van der Waals surface area contributed by atoms with E-state index in [1.165, 1.54) is 17.1 Å². The minimum Gasteiger partial charge on any atom is -0.445 e. The Hall–Kier alpha value is -5.31. The van der Waals surface area contributed by atoms with Crippen molar-refractivity contribution in [2.45, 2.75) is 51.8 Å². The highest BCUT2D eigenvalue weighted by molar-refractivity contribution is 6.12. The van der Waals surface area contributed by atoms with Crippen LogP contribution in [0.1, 0.15) is 38.7 Å². The molecule has 0 saturated carbocycles. The smallest absolute Gasteiger partial charge is 0.409 e. The van der Waals surface area contributed by atoms with E-state index < -0.39 is 41.9 Å². The van der Waals surface area contributed by atoms with Crippen LogP contribution < -0.4 is 32.3 Å². The Balaban J connectivity index is 1.68. The van der Waals surface area contributed by atoms with Crippen molar-refractivity contribution in [3.63, 3.8) is 0 Å². The predicted octanol–water partition coefficient (Wildman–Crippen LogP) is -0.719. The van der Waals surface area contributed by atoms with Crippen molar-refractivity contribution in [3.8, 4) is 0 Å². The molecule has 0 fully saturated rings. The second kappa shape index (κ2) is 37.6. The fourth-order valence-corrected chi connectivity index (χ4v) is 5.95. The van der Waals surface area contributed by atoms with E-state index in [0.29, 0.717) is 96.8 Å². The maximum Gasteiger partial charge on any atom is 0.409 e. The van der Waals surface area contributed by atoms with Crippen LogP contribution in [0.25, 0.3) is 0 Å². The molecule has 0 radical (unpaired) electrons. The molecule has 8 N–H and O–H groups in total. The largest absolute Gasteiger partial charge is 0.445 e. The Bertz CT molecular complexity index is 1670. The van der Waals surface area contributed by atoms with E-state index in [1.807, 2.05) is 0 Å². The van der Waals surface area contributed by atoms with Gasteiger partial charge in [0.15, 0.2) is 0 Å². The Kier molecular flexibility index (Phi) is 32.6. The zero-order valence-corrected chi connectivity index (χ0v) is 40.2. The molecule has 390 valence electrons. The highest BCUT2D eigenvalue weighted by atomic mass is 16.6. The quantitative estimate of drug-likeness (QED) is 0.0315. The number of carbonyl (C=O) groups is 7. The van der Waals surface area contributed by atoms with Crippen molar-refractivity contribution in [3.05, 3.63) is 42.0 Å². The Labute approximate surface area is 403 Å². The lowest BCUT2D eigenvalue weighted by molar-refractivity contribution is -0.137. The molecule has 0 spiro atoms. The number of primary amides is 1. The second-order valence-corrected chi connectivity index (χ2v) is 15.6. The van der Waals surface area contributed by atoms with Gasteiger partial charge in [-0.3, -0.25) is 28.9 Å². The first-order valence-corrected chi connectivity index (χ1v) is 23.1. The topological polar surface area (TPSA) is 306 Å². The lowest BCUT2D eigenvalue weighted by Crippen LogP contribution is -2.54. The molecule has 8 amide bonds. The van der Waals surface area contributed by atoms with Crippen LogP contribution in [0.15, 0.2) is 36.4 Å². The predicted molar refractivity (Wildman–Crippen MR) is 250 cm³/mol. The number of amides is 8. The van der Waals surface area contributed by atoms with Crippen LogP contribution in [0, 0.1) is 5.92 Å². The number of nitrogens with two attached hydrogens (primary N) is 1. The van der Waals surface area contributed by atoms with Gasteiger partial charge in [-0.1, -0.05) is 26.0 Å². The zero-order valence-electron chi connectivity index (χ0n) is 40.2. The number of carbonyl (C=O) groups excluding carboxylic acids is 7. The fourth-order valence-electron chi connectivity index (χ4n) is 5.95. The third-order valence-electron chi connectivity index (χ3n) is 9.74. The zero-order chi connectivity index (χ0) is 50.5. The third kappa shape index (κ3) is 28.7. The number of nitrogens with zero attached hydrogens (tertiary/aromatic N) is 2. The Morgan fingerprint density at radius 3 is 1.81 bits per heavy atom. The van der Waals surface area contributed by atoms with Crippen LogP contribution in [0.5, 0.6) is 0 Å². The number of aliphatic hydroxyl groups is 1. The summed E-state index contributed by atoms with van der Waals surface area (Å²) in [5.74, 6) is -2.56. The van der Waals surface area contributed by atoms with Gasteiger partial charge in [0.2, 0.25) is 17.7 Å². The highest BCUT2D eigenvalue weighted by Crippen LogP contribution is 2.13. The number of hydrogen-bond donors (Lipinski definition) is 7. The number of likely N-dealkylation sites (N-methyl/N-ethyl adjacent to an activating group) is 1. The number of aliphatic hydroxyl groups excluding tert-OH is 1. The van der Waals surface area contributed by atoms with E-state index >= 15 is 0 Å². The number of imide groups is 1. The molecule has 1 aliphatic heterocycles. The fraction of sp³-hybridized carbons (Fsp3) is 0.667. The molecular formula is C45H74N8O16. The van der Waals surface area contributed by atoms with Crippen molar-refractivity contribution in [1.29, 1.82) is 0 Å².